The molecule has 4 rings (SSSR count). The summed E-state index contributed by atoms with van der Waals surface area (Å²) >= 11 is 5.84. The number of hydrogen-bond donors (Lipinski definition) is 0. The molecule has 34 heavy (non-hydrogen) atoms. The van der Waals surface area contributed by atoms with Crippen LogP contribution in [0.4, 0.5) is 0 Å². The zero-order chi connectivity index (χ0) is 24.1. The minimum atomic E-state index is -0.438. The van der Waals surface area contributed by atoms with Crippen molar-refractivity contribution in [3.63, 3.8) is 0 Å². The molecule has 0 atom stereocenters. The van der Waals surface area contributed by atoms with Gasteiger partial charge in [-0.2, -0.15) is 0 Å². The van der Waals surface area contributed by atoms with E-state index in [1.54, 1.807) is 67.6 Å². The number of rotatable bonds is 8. The van der Waals surface area contributed by atoms with Crippen LogP contribution in [0.1, 0.15) is 27.6 Å². The van der Waals surface area contributed by atoms with E-state index in [2.05, 4.69) is 0 Å². The highest BCUT2D eigenvalue weighted by Gasteiger charge is 2.13. The van der Waals surface area contributed by atoms with E-state index < -0.39 is 5.97 Å². The highest BCUT2D eigenvalue weighted by molar-refractivity contribution is 6.30. The average molecular weight is 479 g/mol. The maximum atomic E-state index is 12.8. The van der Waals surface area contributed by atoms with E-state index >= 15 is 0 Å². The average Bonchev–Trinajstić information content (AvgIpc) is 2.85. The standard InChI is InChI=1S/C26H19ClO7/c1-2-31-26(30)17-5-9-19(10-6-17)34-24-15-33-23-13-20(11-12-21(23)25(24)29)32-14-22(28)16-3-7-18(27)8-4-16/h3-13,15H,2,14H2,1H3. The van der Waals surface area contributed by atoms with Gasteiger partial charge in [0.1, 0.15) is 23.3 Å². The van der Waals surface area contributed by atoms with Crippen LogP contribution in [0.3, 0.4) is 0 Å². The minimum absolute atomic E-state index is 0.0111. The highest BCUT2D eigenvalue weighted by atomic mass is 35.5. The summed E-state index contributed by atoms with van der Waals surface area (Å²) in [5.41, 5.74) is 0.765. The number of carbonyl (C=O) groups excluding carboxylic acids is 2. The Hall–Kier alpha value is -4.10. The SMILES string of the molecule is CCOC(=O)c1ccc(Oc2coc3cc(OCC(=O)c4ccc(Cl)cc4)ccc3c2=O)cc1. The Balaban J connectivity index is 1.46. The van der Waals surface area contributed by atoms with Crippen LogP contribution in [0.25, 0.3) is 11.0 Å². The molecular formula is C26H19ClO7. The van der Waals surface area contributed by atoms with Gasteiger partial charge in [0.25, 0.3) is 0 Å². The van der Waals surface area contributed by atoms with Gasteiger partial charge in [0, 0.05) is 16.7 Å². The molecule has 7 nitrogen and oxygen atoms in total. The molecule has 8 heteroatoms. The summed E-state index contributed by atoms with van der Waals surface area (Å²) in [6, 6.07) is 17.4. The van der Waals surface area contributed by atoms with Crippen molar-refractivity contribution in [2.24, 2.45) is 0 Å². The van der Waals surface area contributed by atoms with Gasteiger partial charge in [-0.25, -0.2) is 4.79 Å². The topological polar surface area (TPSA) is 92.0 Å². The summed E-state index contributed by atoms with van der Waals surface area (Å²) in [4.78, 5) is 36.8. The summed E-state index contributed by atoms with van der Waals surface area (Å²) in [6.45, 7) is 1.82. The second kappa shape index (κ2) is 10.2. The first-order chi connectivity index (χ1) is 16.4. The highest BCUT2D eigenvalue weighted by Crippen LogP contribution is 2.24. The molecule has 0 unspecified atom stereocenters. The predicted octanol–water partition coefficient (Wildman–Crippen LogP) is 5.68. The Morgan fingerprint density at radius 1 is 0.912 bits per heavy atom. The van der Waals surface area contributed by atoms with Crippen LogP contribution < -0.4 is 14.9 Å². The summed E-state index contributed by atoms with van der Waals surface area (Å²) in [7, 11) is 0. The van der Waals surface area contributed by atoms with Crippen LogP contribution in [-0.4, -0.2) is 25.0 Å². The van der Waals surface area contributed by atoms with E-state index in [-0.39, 0.29) is 41.1 Å². The monoisotopic (exact) mass is 478 g/mol. The summed E-state index contributed by atoms with van der Waals surface area (Å²) < 4.78 is 21.7. The minimum Gasteiger partial charge on any atom is -0.485 e. The normalized spacial score (nSPS) is 10.6. The molecule has 1 heterocycles. The van der Waals surface area contributed by atoms with Gasteiger partial charge in [-0.05, 0) is 67.6 Å². The van der Waals surface area contributed by atoms with Gasteiger partial charge in [-0.1, -0.05) is 11.6 Å². The molecule has 0 N–H and O–H groups in total. The quantitative estimate of drug-likeness (QED) is 0.238. The summed E-state index contributed by atoms with van der Waals surface area (Å²) in [5, 5.41) is 0.830. The maximum absolute atomic E-state index is 12.8. The molecule has 3 aromatic carbocycles. The molecule has 0 fully saturated rings. The fourth-order valence-corrected chi connectivity index (χ4v) is 3.25. The molecule has 0 saturated heterocycles. The van der Waals surface area contributed by atoms with E-state index in [9.17, 15) is 14.4 Å². The second-order valence-corrected chi connectivity index (χ2v) is 7.59. The van der Waals surface area contributed by atoms with Gasteiger partial charge in [-0.3, -0.25) is 9.59 Å². The van der Waals surface area contributed by atoms with E-state index in [0.29, 0.717) is 27.6 Å². The Morgan fingerprint density at radius 3 is 2.29 bits per heavy atom. The molecule has 0 aliphatic carbocycles. The first-order valence-corrected chi connectivity index (χ1v) is 10.7. The van der Waals surface area contributed by atoms with Crippen LogP contribution in [0, 0.1) is 0 Å². The van der Waals surface area contributed by atoms with Gasteiger partial charge in [0.05, 0.1) is 17.6 Å². The van der Waals surface area contributed by atoms with Crippen LogP contribution in [-0.2, 0) is 4.74 Å². The zero-order valence-electron chi connectivity index (χ0n) is 18.1. The number of fused-ring (bicyclic) bond motifs is 1. The molecule has 0 spiro atoms. The van der Waals surface area contributed by atoms with Crippen molar-refractivity contribution in [2.75, 3.05) is 13.2 Å². The Kier molecular flexibility index (Phi) is 6.94. The second-order valence-electron chi connectivity index (χ2n) is 7.15. The predicted molar refractivity (Wildman–Crippen MR) is 126 cm³/mol. The molecule has 0 saturated carbocycles. The van der Waals surface area contributed by atoms with Crippen molar-refractivity contribution in [2.45, 2.75) is 6.92 Å². The van der Waals surface area contributed by atoms with Crippen LogP contribution in [0.15, 0.2) is 82.2 Å². The van der Waals surface area contributed by atoms with E-state index in [4.69, 9.17) is 30.2 Å². The first-order valence-electron chi connectivity index (χ1n) is 10.4. The third-order valence-electron chi connectivity index (χ3n) is 4.84. The van der Waals surface area contributed by atoms with Crippen molar-refractivity contribution in [1.29, 1.82) is 0 Å². The van der Waals surface area contributed by atoms with Gasteiger partial charge in [0.2, 0.25) is 11.2 Å². The number of halogens is 1. The fourth-order valence-electron chi connectivity index (χ4n) is 3.12. The van der Waals surface area contributed by atoms with Gasteiger partial charge < -0.3 is 18.6 Å². The van der Waals surface area contributed by atoms with Crippen LogP contribution in [0.2, 0.25) is 5.02 Å². The van der Waals surface area contributed by atoms with E-state index in [1.165, 1.54) is 12.3 Å². The van der Waals surface area contributed by atoms with Gasteiger partial charge >= 0.3 is 5.97 Å². The van der Waals surface area contributed by atoms with Crippen molar-refractivity contribution in [3.05, 3.63) is 99.4 Å². The molecular weight excluding hydrogens is 460 g/mol. The van der Waals surface area contributed by atoms with E-state index in [1.807, 2.05) is 0 Å². The van der Waals surface area contributed by atoms with Gasteiger partial charge in [0.15, 0.2) is 12.4 Å². The summed E-state index contributed by atoms with van der Waals surface area (Å²) in [5.74, 6) is 0.0765. The lowest BCUT2D eigenvalue weighted by molar-refractivity contribution is 0.0526. The lowest BCUT2D eigenvalue weighted by Crippen LogP contribution is -2.11. The number of Topliss-reactive ketones (excluding diaryl/α,β-unsaturated/α-hetero) is 1. The number of hydrogen-bond acceptors (Lipinski definition) is 7. The number of carbonyl (C=O) groups is 2. The van der Waals surface area contributed by atoms with Crippen molar-refractivity contribution >= 4 is 34.3 Å². The number of ketones is 1. The van der Waals surface area contributed by atoms with Crippen LogP contribution in [0.5, 0.6) is 17.2 Å². The Morgan fingerprint density at radius 2 is 1.59 bits per heavy atom. The number of benzene rings is 3. The third-order valence-corrected chi connectivity index (χ3v) is 5.10. The van der Waals surface area contributed by atoms with Gasteiger partial charge in [-0.15, -0.1) is 0 Å². The molecule has 0 aliphatic heterocycles. The van der Waals surface area contributed by atoms with Crippen molar-refractivity contribution in [3.8, 4) is 17.2 Å². The molecule has 0 amide bonds. The summed E-state index contributed by atoms with van der Waals surface area (Å²) in [6.07, 6.45) is 1.20. The molecule has 0 bridgehead atoms. The Bertz CT molecular complexity index is 1390. The fraction of sp³-hybridized carbons (Fsp3) is 0.115. The molecule has 0 radical (unpaired) electrons. The lowest BCUT2D eigenvalue weighted by atomic mass is 10.1. The lowest BCUT2D eigenvalue weighted by Gasteiger charge is -2.08. The smallest absolute Gasteiger partial charge is 0.338 e. The van der Waals surface area contributed by atoms with Crippen LogP contribution >= 0.6 is 11.6 Å². The zero-order valence-corrected chi connectivity index (χ0v) is 18.8. The largest absolute Gasteiger partial charge is 0.485 e. The van der Waals surface area contributed by atoms with Crippen molar-refractivity contribution in [1.82, 2.24) is 0 Å². The molecule has 1 aromatic heterocycles. The first kappa shape index (κ1) is 23.1. The number of esters is 1. The molecule has 4 aromatic rings. The van der Waals surface area contributed by atoms with E-state index in [0.717, 1.165) is 0 Å². The maximum Gasteiger partial charge on any atom is 0.338 e. The molecule has 172 valence electrons. The molecule has 0 aliphatic rings. The van der Waals surface area contributed by atoms with Crippen molar-refractivity contribution < 1.29 is 28.2 Å². The number of ether oxygens (including phenoxy) is 3. The Labute approximate surface area is 199 Å². The third kappa shape index (κ3) is 5.27.